The van der Waals surface area contributed by atoms with Crippen LogP contribution in [0.25, 0.3) is 0 Å². The Balaban J connectivity index is 2.10. The molecular formula is C14H20BrNO2. The summed E-state index contributed by atoms with van der Waals surface area (Å²) in [6.07, 6.45) is 3.82. The Kier molecular flexibility index (Phi) is 4.30. The van der Waals surface area contributed by atoms with Gasteiger partial charge in [0, 0.05) is 16.1 Å². The minimum absolute atomic E-state index is 0.0775. The Morgan fingerprint density at radius 1 is 1.44 bits per heavy atom. The fourth-order valence-corrected chi connectivity index (χ4v) is 2.74. The average molecular weight is 314 g/mol. The molecule has 1 aliphatic carbocycles. The van der Waals surface area contributed by atoms with Crippen molar-refractivity contribution in [1.82, 2.24) is 0 Å². The zero-order valence-corrected chi connectivity index (χ0v) is 12.2. The van der Waals surface area contributed by atoms with Crippen molar-refractivity contribution < 1.29 is 9.84 Å². The van der Waals surface area contributed by atoms with Crippen LogP contribution in [0.5, 0.6) is 5.75 Å². The highest BCUT2D eigenvalue weighted by atomic mass is 79.9. The van der Waals surface area contributed by atoms with Crippen LogP contribution in [0.4, 0.5) is 0 Å². The van der Waals surface area contributed by atoms with E-state index in [1.807, 2.05) is 25.1 Å². The van der Waals surface area contributed by atoms with Gasteiger partial charge < -0.3 is 15.6 Å². The van der Waals surface area contributed by atoms with E-state index >= 15 is 0 Å². The topological polar surface area (TPSA) is 55.5 Å². The van der Waals surface area contributed by atoms with E-state index in [0.29, 0.717) is 6.61 Å². The molecule has 0 radical (unpaired) electrons. The third kappa shape index (κ3) is 3.25. The number of benzene rings is 1. The largest absolute Gasteiger partial charge is 0.490 e. The molecule has 100 valence electrons. The summed E-state index contributed by atoms with van der Waals surface area (Å²) in [5.41, 5.74) is 6.24. The number of nitrogens with two attached hydrogens (primary N) is 1. The molecular weight excluding hydrogens is 294 g/mol. The quantitative estimate of drug-likeness (QED) is 0.897. The van der Waals surface area contributed by atoms with Gasteiger partial charge in [0.1, 0.15) is 12.4 Å². The molecule has 0 unspecified atom stereocenters. The lowest BCUT2D eigenvalue weighted by Crippen LogP contribution is -2.32. The van der Waals surface area contributed by atoms with Crippen LogP contribution in [0.2, 0.25) is 0 Å². The second-order valence-corrected chi connectivity index (χ2v) is 6.11. The Hall–Kier alpha value is -0.580. The van der Waals surface area contributed by atoms with E-state index in [1.54, 1.807) is 0 Å². The predicted octanol–water partition coefficient (Wildman–Crippen LogP) is 3.15. The minimum Gasteiger partial charge on any atom is -0.490 e. The summed E-state index contributed by atoms with van der Waals surface area (Å²) in [4.78, 5) is 0. The molecule has 1 saturated carbocycles. The number of hydrogen-bond donors (Lipinski definition) is 2. The van der Waals surface area contributed by atoms with Crippen LogP contribution in [0, 0.1) is 0 Å². The summed E-state index contributed by atoms with van der Waals surface area (Å²) in [5, 5.41) is 10.3. The van der Waals surface area contributed by atoms with Gasteiger partial charge in [0.15, 0.2) is 0 Å². The average Bonchev–Trinajstić information content (AvgIpc) is 2.74. The normalized spacial score (nSPS) is 19.8. The zero-order valence-electron chi connectivity index (χ0n) is 10.7. The molecule has 0 saturated heterocycles. The van der Waals surface area contributed by atoms with E-state index in [0.717, 1.165) is 41.5 Å². The molecule has 3 nitrogen and oxygen atoms in total. The first-order valence-corrected chi connectivity index (χ1v) is 7.20. The maximum atomic E-state index is 10.3. The molecule has 0 aromatic heterocycles. The van der Waals surface area contributed by atoms with Crippen LogP contribution >= 0.6 is 15.9 Å². The van der Waals surface area contributed by atoms with Crippen molar-refractivity contribution >= 4 is 15.9 Å². The van der Waals surface area contributed by atoms with Crippen LogP contribution < -0.4 is 10.5 Å². The van der Waals surface area contributed by atoms with Gasteiger partial charge >= 0.3 is 0 Å². The van der Waals surface area contributed by atoms with E-state index in [-0.39, 0.29) is 6.04 Å². The van der Waals surface area contributed by atoms with Gasteiger partial charge in [-0.15, -0.1) is 0 Å². The van der Waals surface area contributed by atoms with Crippen LogP contribution in [0.15, 0.2) is 22.7 Å². The van der Waals surface area contributed by atoms with E-state index < -0.39 is 5.60 Å². The molecule has 1 atom stereocenters. The van der Waals surface area contributed by atoms with Crippen molar-refractivity contribution in [3.05, 3.63) is 28.2 Å². The summed E-state index contributed by atoms with van der Waals surface area (Å²) in [7, 11) is 0. The van der Waals surface area contributed by atoms with Gasteiger partial charge in [0.05, 0.1) is 5.60 Å². The number of ether oxygens (including phenoxy) is 1. The van der Waals surface area contributed by atoms with E-state index in [4.69, 9.17) is 10.5 Å². The minimum atomic E-state index is -0.655. The molecule has 1 aliphatic rings. The molecule has 0 bridgehead atoms. The molecule has 1 aromatic rings. The van der Waals surface area contributed by atoms with Gasteiger partial charge in [0.2, 0.25) is 0 Å². The number of rotatable bonds is 4. The molecule has 0 aliphatic heterocycles. The molecule has 1 fully saturated rings. The van der Waals surface area contributed by atoms with Crippen molar-refractivity contribution in [1.29, 1.82) is 0 Å². The van der Waals surface area contributed by atoms with Crippen LogP contribution in [0.1, 0.15) is 44.2 Å². The maximum Gasteiger partial charge on any atom is 0.125 e. The molecule has 0 spiro atoms. The maximum absolute atomic E-state index is 10.3. The fraction of sp³-hybridized carbons (Fsp3) is 0.571. The first kappa shape index (κ1) is 13.8. The Morgan fingerprint density at radius 2 is 2.11 bits per heavy atom. The fourth-order valence-electron chi connectivity index (χ4n) is 2.40. The lowest BCUT2D eigenvalue weighted by atomic mass is 10.0. The number of halogens is 1. The number of hydrogen-bond acceptors (Lipinski definition) is 3. The van der Waals surface area contributed by atoms with Gasteiger partial charge in [-0.25, -0.2) is 0 Å². The highest BCUT2D eigenvalue weighted by molar-refractivity contribution is 9.10. The van der Waals surface area contributed by atoms with Gasteiger partial charge in [-0.1, -0.05) is 34.8 Å². The second-order valence-electron chi connectivity index (χ2n) is 5.19. The molecule has 18 heavy (non-hydrogen) atoms. The third-order valence-electron chi connectivity index (χ3n) is 3.50. The Bertz CT molecular complexity index is 414. The first-order chi connectivity index (χ1) is 8.50. The van der Waals surface area contributed by atoms with Crippen molar-refractivity contribution in [2.45, 2.75) is 44.2 Å². The summed E-state index contributed by atoms with van der Waals surface area (Å²) < 4.78 is 6.76. The molecule has 2 rings (SSSR count). The smallest absolute Gasteiger partial charge is 0.125 e. The lowest BCUT2D eigenvalue weighted by Gasteiger charge is -2.24. The van der Waals surface area contributed by atoms with Crippen molar-refractivity contribution in [3.8, 4) is 5.75 Å². The van der Waals surface area contributed by atoms with Gasteiger partial charge in [-0.3, -0.25) is 0 Å². The highest BCUT2D eigenvalue weighted by Crippen LogP contribution is 2.32. The first-order valence-electron chi connectivity index (χ1n) is 6.40. The lowest BCUT2D eigenvalue weighted by molar-refractivity contribution is 0.00104. The monoisotopic (exact) mass is 313 g/mol. The van der Waals surface area contributed by atoms with Crippen LogP contribution in [-0.2, 0) is 0 Å². The molecule has 4 heteroatoms. The summed E-state index contributed by atoms with van der Waals surface area (Å²) in [5.74, 6) is 0.764. The molecule has 0 amide bonds. The highest BCUT2D eigenvalue weighted by Gasteiger charge is 2.32. The van der Waals surface area contributed by atoms with E-state index in [1.165, 1.54) is 0 Å². The second kappa shape index (κ2) is 5.59. The SMILES string of the molecule is C[C@H](N)c1ccc(Br)cc1OCC1(O)CCCC1. The number of aliphatic hydroxyl groups is 1. The van der Waals surface area contributed by atoms with Gasteiger partial charge in [-0.2, -0.15) is 0 Å². The Morgan fingerprint density at radius 3 is 2.72 bits per heavy atom. The third-order valence-corrected chi connectivity index (χ3v) is 3.99. The Labute approximate surface area is 116 Å². The molecule has 1 aromatic carbocycles. The standard InChI is InChI=1S/C14H20BrNO2/c1-10(16)12-5-4-11(15)8-13(12)18-9-14(17)6-2-3-7-14/h4-5,8,10,17H,2-3,6-7,9,16H2,1H3/t10-/m0/s1. The predicted molar refractivity (Wildman–Crippen MR) is 75.7 cm³/mol. The van der Waals surface area contributed by atoms with Crippen LogP contribution in [0.3, 0.4) is 0 Å². The summed E-state index contributed by atoms with van der Waals surface area (Å²) in [6, 6.07) is 5.75. The summed E-state index contributed by atoms with van der Waals surface area (Å²) in [6.45, 7) is 2.28. The zero-order chi connectivity index (χ0) is 13.2. The van der Waals surface area contributed by atoms with E-state index in [2.05, 4.69) is 15.9 Å². The van der Waals surface area contributed by atoms with Gasteiger partial charge in [0.25, 0.3) is 0 Å². The summed E-state index contributed by atoms with van der Waals surface area (Å²) >= 11 is 3.43. The molecule has 3 N–H and O–H groups in total. The van der Waals surface area contributed by atoms with Crippen molar-refractivity contribution in [2.75, 3.05) is 6.61 Å². The molecule has 0 heterocycles. The van der Waals surface area contributed by atoms with Crippen molar-refractivity contribution in [3.63, 3.8) is 0 Å². The van der Waals surface area contributed by atoms with Crippen molar-refractivity contribution in [2.24, 2.45) is 5.73 Å². The van der Waals surface area contributed by atoms with E-state index in [9.17, 15) is 5.11 Å². The van der Waals surface area contributed by atoms with Gasteiger partial charge in [-0.05, 0) is 31.9 Å². The van der Waals surface area contributed by atoms with Crippen LogP contribution in [-0.4, -0.2) is 17.3 Å².